The van der Waals surface area contributed by atoms with E-state index in [9.17, 15) is 9.59 Å². The van der Waals surface area contributed by atoms with Crippen molar-refractivity contribution in [2.75, 3.05) is 33.8 Å². The number of carbonyl (C=O) groups excluding carboxylic acids is 1. The van der Waals surface area contributed by atoms with Gasteiger partial charge in [0.15, 0.2) is 0 Å². The molecule has 0 radical (unpaired) electrons. The van der Waals surface area contributed by atoms with Crippen LogP contribution in [0.1, 0.15) is 28.9 Å². The smallest absolute Gasteiger partial charge is 0.263 e. The van der Waals surface area contributed by atoms with Crippen LogP contribution in [-0.4, -0.2) is 49.2 Å². The summed E-state index contributed by atoms with van der Waals surface area (Å²) in [6, 6.07) is 11.2. The second kappa shape index (κ2) is 9.20. The Hall–Kier alpha value is -2.60. The van der Waals surface area contributed by atoms with E-state index in [0.717, 1.165) is 12.3 Å². The molecule has 0 fully saturated rings. The Morgan fingerprint density at radius 1 is 1.23 bits per heavy atom. The van der Waals surface area contributed by atoms with Gasteiger partial charge in [-0.2, -0.15) is 0 Å². The summed E-state index contributed by atoms with van der Waals surface area (Å²) >= 11 is 0. The lowest BCUT2D eigenvalue weighted by atomic mass is 10.1. The zero-order chi connectivity index (χ0) is 19.1. The van der Waals surface area contributed by atoms with Gasteiger partial charge < -0.3 is 19.5 Å². The number of nitrogens with zero attached hydrogens (tertiary/aromatic N) is 2. The summed E-state index contributed by atoms with van der Waals surface area (Å²) in [4.78, 5) is 27.3. The van der Waals surface area contributed by atoms with Gasteiger partial charge in [-0.1, -0.05) is 18.2 Å². The highest BCUT2D eigenvalue weighted by Crippen LogP contribution is 2.09. The minimum atomic E-state index is -0.365. The third-order valence-electron chi connectivity index (χ3n) is 4.06. The van der Waals surface area contributed by atoms with Crippen LogP contribution >= 0.6 is 0 Å². The summed E-state index contributed by atoms with van der Waals surface area (Å²) in [6.07, 6.45) is 1.75. The Bertz CT molecular complexity index is 785. The third-order valence-corrected chi connectivity index (χ3v) is 4.06. The van der Waals surface area contributed by atoms with Crippen molar-refractivity contribution in [1.29, 1.82) is 0 Å². The average Bonchev–Trinajstić information content (AvgIpc) is 2.59. The van der Waals surface area contributed by atoms with Crippen LogP contribution in [0.15, 0.2) is 47.4 Å². The van der Waals surface area contributed by atoms with Crippen molar-refractivity contribution in [3.8, 4) is 5.75 Å². The van der Waals surface area contributed by atoms with Gasteiger partial charge in [0.05, 0.1) is 6.54 Å². The summed E-state index contributed by atoms with van der Waals surface area (Å²) < 4.78 is 7.17. The molecule has 0 bridgehead atoms. The van der Waals surface area contributed by atoms with Crippen LogP contribution in [0.2, 0.25) is 0 Å². The predicted octanol–water partition coefficient (Wildman–Crippen LogP) is 2.09. The van der Waals surface area contributed by atoms with Crippen LogP contribution in [0.5, 0.6) is 5.75 Å². The van der Waals surface area contributed by atoms with Gasteiger partial charge in [-0.05, 0) is 51.7 Å². The normalized spacial score (nSPS) is 12.0. The van der Waals surface area contributed by atoms with Crippen LogP contribution in [-0.2, 0) is 0 Å². The minimum absolute atomic E-state index is 0.0222. The Morgan fingerprint density at radius 3 is 2.58 bits per heavy atom. The van der Waals surface area contributed by atoms with E-state index in [2.05, 4.69) is 5.32 Å². The van der Waals surface area contributed by atoms with Crippen molar-refractivity contribution in [1.82, 2.24) is 14.8 Å². The topological polar surface area (TPSA) is 63.6 Å². The van der Waals surface area contributed by atoms with Crippen molar-refractivity contribution in [2.45, 2.75) is 19.9 Å². The summed E-state index contributed by atoms with van der Waals surface area (Å²) in [5.41, 5.74) is 0.600. The number of hydrogen-bond donors (Lipinski definition) is 1. The number of hydrogen-bond acceptors (Lipinski definition) is 4. The highest BCUT2D eigenvalue weighted by atomic mass is 16.5. The van der Waals surface area contributed by atoms with Crippen molar-refractivity contribution in [2.24, 2.45) is 0 Å². The number of rotatable bonds is 8. The van der Waals surface area contributed by atoms with Crippen LogP contribution in [0.3, 0.4) is 0 Å². The average molecular weight is 357 g/mol. The quantitative estimate of drug-likeness (QED) is 0.735. The maximum Gasteiger partial charge on any atom is 0.263 e. The molecule has 1 amide bonds. The fourth-order valence-corrected chi connectivity index (χ4v) is 2.82. The number of aryl methyl sites for hydroxylation is 1. The first kappa shape index (κ1) is 19.7. The number of pyridine rings is 1. The third kappa shape index (κ3) is 5.20. The van der Waals surface area contributed by atoms with Crippen molar-refractivity contribution < 1.29 is 9.53 Å². The van der Waals surface area contributed by atoms with E-state index in [-0.39, 0.29) is 23.1 Å². The number of carbonyl (C=O) groups is 1. The molecule has 0 aliphatic heterocycles. The van der Waals surface area contributed by atoms with Crippen LogP contribution in [0.25, 0.3) is 0 Å². The molecule has 1 aromatic carbocycles. The lowest BCUT2D eigenvalue weighted by Gasteiger charge is -2.20. The van der Waals surface area contributed by atoms with E-state index >= 15 is 0 Å². The summed E-state index contributed by atoms with van der Waals surface area (Å²) in [7, 11) is 3.91. The minimum Gasteiger partial charge on any atom is -0.492 e. The SMILES string of the molecule is Cc1ccn(C(C)CN(C)C)c(=O)c1C(=O)NCCOc1ccccc1. The summed E-state index contributed by atoms with van der Waals surface area (Å²) in [6.45, 7) is 5.13. The first-order chi connectivity index (χ1) is 12.4. The summed E-state index contributed by atoms with van der Waals surface area (Å²) in [5.74, 6) is 0.382. The number of aromatic nitrogens is 1. The fraction of sp³-hybridized carbons (Fsp3) is 0.400. The molecule has 0 saturated carbocycles. The Balaban J connectivity index is 2.02. The van der Waals surface area contributed by atoms with Gasteiger partial charge in [0.2, 0.25) is 0 Å². The van der Waals surface area contributed by atoms with E-state index in [0.29, 0.717) is 18.7 Å². The first-order valence-electron chi connectivity index (χ1n) is 8.72. The number of likely N-dealkylation sites (N-methyl/N-ethyl adjacent to an activating group) is 1. The van der Waals surface area contributed by atoms with Gasteiger partial charge in [0.25, 0.3) is 11.5 Å². The number of benzene rings is 1. The number of ether oxygens (including phenoxy) is 1. The van der Waals surface area contributed by atoms with Crippen molar-refractivity contribution in [3.05, 3.63) is 64.1 Å². The molecule has 6 heteroatoms. The van der Waals surface area contributed by atoms with Crippen LogP contribution < -0.4 is 15.6 Å². The number of nitrogens with one attached hydrogen (secondary N) is 1. The number of amides is 1. The monoisotopic (exact) mass is 357 g/mol. The van der Waals surface area contributed by atoms with E-state index in [4.69, 9.17) is 4.74 Å². The van der Waals surface area contributed by atoms with Crippen molar-refractivity contribution >= 4 is 5.91 Å². The standard InChI is InChI=1S/C20H27N3O3/c1-15-10-12-23(16(2)14-22(3)4)20(25)18(15)19(24)21-11-13-26-17-8-6-5-7-9-17/h5-10,12,16H,11,13-14H2,1-4H3,(H,21,24). The zero-order valence-electron chi connectivity index (χ0n) is 15.9. The summed E-state index contributed by atoms with van der Waals surface area (Å²) in [5, 5.41) is 2.77. The molecule has 2 rings (SSSR count). The molecule has 1 heterocycles. The van der Waals surface area contributed by atoms with Gasteiger partial charge >= 0.3 is 0 Å². The van der Waals surface area contributed by atoms with Gasteiger partial charge in [0, 0.05) is 18.8 Å². The van der Waals surface area contributed by atoms with Crippen LogP contribution in [0.4, 0.5) is 0 Å². The van der Waals surface area contributed by atoms with E-state index in [1.54, 1.807) is 17.7 Å². The number of para-hydroxylation sites is 1. The van der Waals surface area contributed by atoms with E-state index in [1.165, 1.54) is 0 Å². The van der Waals surface area contributed by atoms with Gasteiger partial charge in [-0.25, -0.2) is 0 Å². The maximum absolute atomic E-state index is 12.8. The molecule has 6 nitrogen and oxygen atoms in total. The van der Waals surface area contributed by atoms with Gasteiger partial charge in [-0.3, -0.25) is 9.59 Å². The second-order valence-corrected chi connectivity index (χ2v) is 6.61. The molecule has 1 unspecified atom stereocenters. The highest BCUT2D eigenvalue weighted by molar-refractivity contribution is 5.95. The lowest BCUT2D eigenvalue weighted by Crippen LogP contribution is -2.38. The first-order valence-corrected chi connectivity index (χ1v) is 8.72. The van der Waals surface area contributed by atoms with E-state index < -0.39 is 0 Å². The molecule has 26 heavy (non-hydrogen) atoms. The second-order valence-electron chi connectivity index (χ2n) is 6.61. The van der Waals surface area contributed by atoms with Crippen molar-refractivity contribution in [3.63, 3.8) is 0 Å². The molecule has 1 atom stereocenters. The predicted molar refractivity (Wildman–Crippen MR) is 103 cm³/mol. The fourth-order valence-electron chi connectivity index (χ4n) is 2.82. The molecule has 140 valence electrons. The molecular formula is C20H27N3O3. The molecule has 0 saturated heterocycles. The largest absolute Gasteiger partial charge is 0.492 e. The Labute approximate surface area is 154 Å². The molecule has 0 aliphatic carbocycles. The van der Waals surface area contributed by atoms with Crippen LogP contribution in [0, 0.1) is 6.92 Å². The molecular weight excluding hydrogens is 330 g/mol. The maximum atomic E-state index is 12.8. The molecule has 2 aromatic rings. The Morgan fingerprint density at radius 2 is 1.92 bits per heavy atom. The van der Waals surface area contributed by atoms with Gasteiger partial charge in [0.1, 0.15) is 17.9 Å². The zero-order valence-corrected chi connectivity index (χ0v) is 15.9. The molecule has 1 aromatic heterocycles. The van der Waals surface area contributed by atoms with E-state index in [1.807, 2.05) is 62.3 Å². The Kier molecular flexibility index (Phi) is 6.97. The lowest BCUT2D eigenvalue weighted by molar-refractivity contribution is 0.0944. The molecule has 1 N–H and O–H groups in total. The molecule has 0 aliphatic rings. The molecule has 0 spiro atoms. The van der Waals surface area contributed by atoms with Gasteiger partial charge in [-0.15, -0.1) is 0 Å². The highest BCUT2D eigenvalue weighted by Gasteiger charge is 2.18.